The van der Waals surface area contributed by atoms with Crippen LogP contribution < -0.4 is 4.90 Å². The van der Waals surface area contributed by atoms with Crippen LogP contribution in [0.25, 0.3) is 0 Å². The fourth-order valence-corrected chi connectivity index (χ4v) is 2.83. The Balaban J connectivity index is 1.70. The van der Waals surface area contributed by atoms with Gasteiger partial charge < -0.3 is 4.90 Å². The average Bonchev–Trinajstić information content (AvgIpc) is 2.55. The van der Waals surface area contributed by atoms with Gasteiger partial charge in [-0.1, -0.05) is 12.1 Å². The highest BCUT2D eigenvalue weighted by atomic mass is 19.1. The number of hydrogen-bond acceptors (Lipinski definition) is 2. The minimum atomic E-state index is -0.316. The number of nitrogens with zero attached hydrogens (tertiary/aromatic N) is 2. The van der Waals surface area contributed by atoms with E-state index in [-0.39, 0.29) is 23.6 Å². The molecule has 5 heteroatoms. The molecule has 23 heavy (non-hydrogen) atoms. The van der Waals surface area contributed by atoms with Gasteiger partial charge in [0.25, 0.3) is 0 Å². The van der Waals surface area contributed by atoms with Crippen molar-refractivity contribution in [2.45, 2.75) is 19.5 Å². The maximum atomic E-state index is 13.0. The van der Waals surface area contributed by atoms with Crippen molar-refractivity contribution in [3.8, 4) is 0 Å². The third kappa shape index (κ3) is 3.40. The highest BCUT2D eigenvalue weighted by molar-refractivity contribution is 5.97. The Morgan fingerprint density at radius 2 is 1.52 bits per heavy atom. The van der Waals surface area contributed by atoms with Crippen LogP contribution in [0.5, 0.6) is 0 Å². The van der Waals surface area contributed by atoms with Crippen LogP contribution in [0.2, 0.25) is 0 Å². The second kappa shape index (κ2) is 6.46. The SMILES string of the molecule is C[C@H]1C(=O)N(c2ccc(F)cc2)CCN1Cc1ccc(F)cc1. The maximum absolute atomic E-state index is 13.0. The lowest BCUT2D eigenvalue weighted by molar-refractivity contribution is -0.125. The summed E-state index contributed by atoms with van der Waals surface area (Å²) in [6.07, 6.45) is 0. The fourth-order valence-electron chi connectivity index (χ4n) is 2.83. The number of benzene rings is 2. The summed E-state index contributed by atoms with van der Waals surface area (Å²) in [5.41, 5.74) is 1.69. The zero-order chi connectivity index (χ0) is 16.4. The molecule has 0 saturated carbocycles. The van der Waals surface area contributed by atoms with Crippen LogP contribution in [0.4, 0.5) is 14.5 Å². The van der Waals surface area contributed by atoms with Gasteiger partial charge in [-0.2, -0.15) is 0 Å². The van der Waals surface area contributed by atoms with Gasteiger partial charge >= 0.3 is 0 Å². The molecule has 0 radical (unpaired) electrons. The molecular weight excluding hydrogens is 298 g/mol. The van der Waals surface area contributed by atoms with Gasteiger partial charge in [-0.15, -0.1) is 0 Å². The quantitative estimate of drug-likeness (QED) is 0.868. The molecule has 3 rings (SSSR count). The smallest absolute Gasteiger partial charge is 0.244 e. The van der Waals surface area contributed by atoms with Crippen LogP contribution in [0.1, 0.15) is 12.5 Å². The Morgan fingerprint density at radius 1 is 0.957 bits per heavy atom. The molecule has 0 N–H and O–H groups in total. The Bertz CT molecular complexity index is 685. The zero-order valence-corrected chi connectivity index (χ0v) is 12.9. The number of piperazine rings is 1. The van der Waals surface area contributed by atoms with Crippen molar-refractivity contribution in [1.29, 1.82) is 0 Å². The largest absolute Gasteiger partial charge is 0.310 e. The van der Waals surface area contributed by atoms with Gasteiger partial charge in [0.15, 0.2) is 0 Å². The van der Waals surface area contributed by atoms with Gasteiger partial charge in [0.2, 0.25) is 5.91 Å². The number of anilines is 1. The first-order valence-electron chi connectivity index (χ1n) is 7.60. The summed E-state index contributed by atoms with van der Waals surface area (Å²) in [6, 6.07) is 12.0. The molecule has 2 aromatic carbocycles. The van der Waals surface area contributed by atoms with Gasteiger partial charge in [-0.25, -0.2) is 8.78 Å². The van der Waals surface area contributed by atoms with Gasteiger partial charge in [0, 0.05) is 25.3 Å². The molecule has 0 unspecified atom stereocenters. The van der Waals surface area contributed by atoms with Gasteiger partial charge in [-0.3, -0.25) is 9.69 Å². The lowest BCUT2D eigenvalue weighted by atomic mass is 10.1. The van der Waals surface area contributed by atoms with E-state index >= 15 is 0 Å². The Morgan fingerprint density at radius 3 is 2.13 bits per heavy atom. The summed E-state index contributed by atoms with van der Waals surface area (Å²) in [5, 5.41) is 0. The number of hydrogen-bond donors (Lipinski definition) is 0. The van der Waals surface area contributed by atoms with Crippen LogP contribution in [-0.4, -0.2) is 29.9 Å². The molecule has 0 aliphatic carbocycles. The van der Waals surface area contributed by atoms with E-state index < -0.39 is 0 Å². The molecule has 1 aliphatic rings. The first-order valence-corrected chi connectivity index (χ1v) is 7.60. The maximum Gasteiger partial charge on any atom is 0.244 e. The molecule has 1 fully saturated rings. The van der Waals surface area contributed by atoms with E-state index in [0.29, 0.717) is 25.3 Å². The molecule has 120 valence electrons. The average molecular weight is 316 g/mol. The Labute approximate surface area is 134 Å². The van der Waals surface area contributed by atoms with Crippen LogP contribution in [0.3, 0.4) is 0 Å². The highest BCUT2D eigenvalue weighted by Crippen LogP contribution is 2.22. The minimum Gasteiger partial charge on any atom is -0.310 e. The van der Waals surface area contributed by atoms with Crippen LogP contribution >= 0.6 is 0 Å². The second-order valence-corrected chi connectivity index (χ2v) is 5.74. The lowest BCUT2D eigenvalue weighted by Gasteiger charge is -2.39. The Hall–Kier alpha value is -2.27. The molecule has 1 amide bonds. The number of carbonyl (C=O) groups excluding carboxylic acids is 1. The summed E-state index contributed by atoms with van der Waals surface area (Å²) >= 11 is 0. The molecule has 1 atom stereocenters. The monoisotopic (exact) mass is 316 g/mol. The fraction of sp³-hybridized carbons (Fsp3) is 0.278. The Kier molecular flexibility index (Phi) is 4.39. The van der Waals surface area contributed by atoms with Crippen molar-refractivity contribution in [2.24, 2.45) is 0 Å². The number of amides is 1. The van der Waals surface area contributed by atoms with Crippen molar-refractivity contribution >= 4 is 11.6 Å². The number of carbonyl (C=O) groups is 1. The van der Waals surface area contributed by atoms with Crippen molar-refractivity contribution in [3.63, 3.8) is 0 Å². The van der Waals surface area contributed by atoms with Gasteiger partial charge in [0.05, 0.1) is 6.04 Å². The van der Waals surface area contributed by atoms with Gasteiger partial charge in [0.1, 0.15) is 11.6 Å². The summed E-state index contributed by atoms with van der Waals surface area (Å²) < 4.78 is 26.0. The van der Waals surface area contributed by atoms with E-state index in [0.717, 1.165) is 5.56 Å². The number of rotatable bonds is 3. The van der Waals surface area contributed by atoms with E-state index in [1.54, 1.807) is 29.2 Å². The molecule has 2 aromatic rings. The molecule has 1 saturated heterocycles. The van der Waals surface area contributed by atoms with E-state index in [4.69, 9.17) is 0 Å². The molecule has 0 spiro atoms. The number of halogens is 2. The summed E-state index contributed by atoms with van der Waals surface area (Å²) in [4.78, 5) is 16.3. The lowest BCUT2D eigenvalue weighted by Crippen LogP contribution is -2.55. The molecule has 0 bridgehead atoms. The second-order valence-electron chi connectivity index (χ2n) is 5.74. The highest BCUT2D eigenvalue weighted by Gasteiger charge is 2.32. The molecule has 0 aromatic heterocycles. The minimum absolute atomic E-state index is 0.00929. The van der Waals surface area contributed by atoms with Crippen molar-refractivity contribution in [3.05, 3.63) is 65.7 Å². The van der Waals surface area contributed by atoms with E-state index in [9.17, 15) is 13.6 Å². The van der Waals surface area contributed by atoms with Crippen LogP contribution in [-0.2, 0) is 11.3 Å². The first kappa shape index (κ1) is 15.6. The topological polar surface area (TPSA) is 23.6 Å². The summed E-state index contributed by atoms with van der Waals surface area (Å²) in [5.74, 6) is -0.590. The third-order valence-electron chi connectivity index (χ3n) is 4.22. The normalized spacial score (nSPS) is 19.2. The molecule has 3 nitrogen and oxygen atoms in total. The first-order chi connectivity index (χ1) is 11.0. The van der Waals surface area contributed by atoms with E-state index in [1.165, 1.54) is 24.3 Å². The van der Waals surface area contributed by atoms with Crippen LogP contribution in [0, 0.1) is 11.6 Å². The van der Waals surface area contributed by atoms with E-state index in [1.807, 2.05) is 6.92 Å². The van der Waals surface area contributed by atoms with Crippen LogP contribution in [0.15, 0.2) is 48.5 Å². The summed E-state index contributed by atoms with van der Waals surface area (Å²) in [6.45, 7) is 3.73. The molecule has 1 aliphatic heterocycles. The predicted octanol–water partition coefficient (Wildman–Crippen LogP) is 3.20. The van der Waals surface area contributed by atoms with E-state index in [2.05, 4.69) is 4.90 Å². The van der Waals surface area contributed by atoms with Crippen molar-refractivity contribution < 1.29 is 13.6 Å². The van der Waals surface area contributed by atoms with Gasteiger partial charge in [-0.05, 0) is 48.9 Å². The third-order valence-corrected chi connectivity index (χ3v) is 4.22. The summed E-state index contributed by atoms with van der Waals surface area (Å²) in [7, 11) is 0. The molecular formula is C18H18F2N2O. The van der Waals surface area contributed by atoms with Crippen molar-refractivity contribution in [1.82, 2.24) is 4.90 Å². The molecule has 1 heterocycles. The standard InChI is InChI=1S/C18H18F2N2O/c1-13-18(23)22(17-8-6-16(20)7-9-17)11-10-21(13)12-14-2-4-15(19)5-3-14/h2-9,13H,10-12H2,1H3/t13-/m0/s1. The zero-order valence-electron chi connectivity index (χ0n) is 12.9. The van der Waals surface area contributed by atoms with Crippen molar-refractivity contribution in [2.75, 3.05) is 18.0 Å². The predicted molar refractivity (Wildman–Crippen MR) is 85.0 cm³/mol.